The summed E-state index contributed by atoms with van der Waals surface area (Å²) in [4.78, 5) is 0. The second kappa shape index (κ2) is 5.96. The van der Waals surface area contributed by atoms with Gasteiger partial charge < -0.3 is 16.6 Å². The third-order valence-corrected chi connectivity index (χ3v) is 2.70. The first-order valence-electron chi connectivity index (χ1n) is 5.78. The molecule has 0 radical (unpaired) electrons. The van der Waals surface area contributed by atoms with Crippen molar-refractivity contribution in [2.45, 2.75) is 20.8 Å². The number of nitrogens with two attached hydrogens (primary N) is 2. The van der Waals surface area contributed by atoms with Crippen LogP contribution in [0.25, 0.3) is 0 Å². The first-order chi connectivity index (χ1) is 8.40. The van der Waals surface area contributed by atoms with Gasteiger partial charge in [0.1, 0.15) is 5.75 Å². The highest BCUT2D eigenvalue weighted by Crippen LogP contribution is 2.16. The number of nitrogen functional groups attached to an aromatic ring is 2. The number of hydrogen-bond acceptors (Lipinski definition) is 3. The first-order valence-corrected chi connectivity index (χ1v) is 5.78. The summed E-state index contributed by atoms with van der Waals surface area (Å²) < 4.78 is 0. The van der Waals surface area contributed by atoms with E-state index >= 15 is 0 Å². The molecule has 0 aliphatic carbocycles. The summed E-state index contributed by atoms with van der Waals surface area (Å²) in [6.45, 7) is 5.94. The van der Waals surface area contributed by atoms with Crippen molar-refractivity contribution >= 4 is 11.4 Å². The van der Waals surface area contributed by atoms with Crippen LogP contribution in [0.2, 0.25) is 0 Å². The van der Waals surface area contributed by atoms with Crippen molar-refractivity contribution in [3.8, 4) is 5.75 Å². The van der Waals surface area contributed by atoms with Gasteiger partial charge in [0.05, 0.1) is 0 Å². The standard InChI is InChI=1S/C8H11N.C7H9NO/c1-6-3-4-7(2)8(9)5-6;1-5-2-3-6(9)4-7(5)8/h3-5H,9H2,1-2H3;2-4,9H,8H2,1H3. The van der Waals surface area contributed by atoms with Gasteiger partial charge in [-0.15, -0.1) is 0 Å². The summed E-state index contributed by atoms with van der Waals surface area (Å²) in [6, 6.07) is 11.0. The van der Waals surface area contributed by atoms with Gasteiger partial charge in [0.25, 0.3) is 0 Å². The summed E-state index contributed by atoms with van der Waals surface area (Å²) in [5.74, 6) is 0.220. The minimum absolute atomic E-state index is 0.220. The number of phenols is 1. The number of rotatable bonds is 0. The maximum absolute atomic E-state index is 8.86. The van der Waals surface area contributed by atoms with Crippen molar-refractivity contribution < 1.29 is 5.11 Å². The molecule has 5 N–H and O–H groups in total. The molecule has 0 saturated heterocycles. The second-order valence-electron chi connectivity index (χ2n) is 4.40. The van der Waals surface area contributed by atoms with E-state index in [1.165, 1.54) is 11.6 Å². The molecule has 0 heterocycles. The average Bonchev–Trinajstić information content (AvgIpc) is 2.30. The number of benzene rings is 2. The zero-order valence-corrected chi connectivity index (χ0v) is 11.1. The number of anilines is 2. The van der Waals surface area contributed by atoms with Crippen molar-refractivity contribution in [3.63, 3.8) is 0 Å². The Hall–Kier alpha value is -2.16. The Kier molecular flexibility index (Phi) is 4.60. The summed E-state index contributed by atoms with van der Waals surface area (Å²) >= 11 is 0. The fourth-order valence-corrected chi connectivity index (χ4v) is 1.39. The summed E-state index contributed by atoms with van der Waals surface area (Å²) in [6.07, 6.45) is 0. The molecule has 0 saturated carbocycles. The number of phenolic OH excluding ortho intramolecular Hbond substituents is 1. The second-order valence-corrected chi connectivity index (χ2v) is 4.40. The molecule has 0 atom stereocenters. The number of aromatic hydroxyl groups is 1. The van der Waals surface area contributed by atoms with Gasteiger partial charge in [0.15, 0.2) is 0 Å². The van der Waals surface area contributed by atoms with Crippen LogP contribution in [0.15, 0.2) is 36.4 Å². The predicted molar refractivity (Wildman–Crippen MR) is 77.6 cm³/mol. The van der Waals surface area contributed by atoms with Crippen LogP contribution in [0.3, 0.4) is 0 Å². The fourth-order valence-electron chi connectivity index (χ4n) is 1.39. The zero-order valence-electron chi connectivity index (χ0n) is 11.1. The molecule has 0 aliphatic rings. The summed E-state index contributed by atoms with van der Waals surface area (Å²) in [5.41, 5.74) is 16.0. The Morgan fingerprint density at radius 3 is 1.67 bits per heavy atom. The van der Waals surface area contributed by atoms with Crippen molar-refractivity contribution in [3.05, 3.63) is 53.1 Å². The topological polar surface area (TPSA) is 72.3 Å². The first kappa shape index (κ1) is 13.9. The van der Waals surface area contributed by atoms with Gasteiger partial charge in [-0.2, -0.15) is 0 Å². The summed E-state index contributed by atoms with van der Waals surface area (Å²) in [5, 5.41) is 8.86. The molecule has 0 fully saturated rings. The molecule has 0 bridgehead atoms. The highest BCUT2D eigenvalue weighted by Gasteiger charge is 1.91. The smallest absolute Gasteiger partial charge is 0.117 e. The lowest BCUT2D eigenvalue weighted by atomic mass is 10.1. The van der Waals surface area contributed by atoms with E-state index in [0.29, 0.717) is 5.69 Å². The summed E-state index contributed by atoms with van der Waals surface area (Å²) in [7, 11) is 0. The monoisotopic (exact) mass is 244 g/mol. The minimum Gasteiger partial charge on any atom is -0.508 e. The lowest BCUT2D eigenvalue weighted by Crippen LogP contribution is -1.88. The van der Waals surface area contributed by atoms with E-state index in [1.807, 2.05) is 32.9 Å². The van der Waals surface area contributed by atoms with Gasteiger partial charge in [-0.05, 0) is 49.6 Å². The third kappa shape index (κ3) is 4.01. The molecular weight excluding hydrogens is 224 g/mol. The van der Waals surface area contributed by atoms with Crippen LogP contribution in [0.5, 0.6) is 5.75 Å². The Labute approximate surface area is 108 Å². The quantitative estimate of drug-likeness (QED) is 0.623. The normalized spacial score (nSPS) is 9.50. The number of aryl methyl sites for hydroxylation is 3. The molecule has 0 aliphatic heterocycles. The molecule has 2 aromatic carbocycles. The van der Waals surface area contributed by atoms with E-state index in [0.717, 1.165) is 16.8 Å². The molecular formula is C15H20N2O. The lowest BCUT2D eigenvalue weighted by molar-refractivity contribution is 0.475. The van der Waals surface area contributed by atoms with Gasteiger partial charge in [0.2, 0.25) is 0 Å². The fraction of sp³-hybridized carbons (Fsp3) is 0.200. The Bertz CT molecular complexity index is 487. The van der Waals surface area contributed by atoms with Gasteiger partial charge in [-0.25, -0.2) is 0 Å². The molecule has 0 spiro atoms. The Morgan fingerprint density at radius 2 is 1.28 bits per heavy atom. The molecule has 18 heavy (non-hydrogen) atoms. The van der Waals surface area contributed by atoms with Crippen molar-refractivity contribution in [1.29, 1.82) is 0 Å². The highest BCUT2D eigenvalue weighted by molar-refractivity contribution is 5.50. The number of hydrogen-bond donors (Lipinski definition) is 3. The van der Waals surface area contributed by atoms with Crippen LogP contribution in [-0.4, -0.2) is 5.11 Å². The van der Waals surface area contributed by atoms with Crippen molar-refractivity contribution in [2.24, 2.45) is 0 Å². The van der Waals surface area contributed by atoms with Gasteiger partial charge in [-0.1, -0.05) is 18.2 Å². The molecule has 2 rings (SSSR count). The van der Waals surface area contributed by atoms with Gasteiger partial charge in [-0.3, -0.25) is 0 Å². The molecule has 0 unspecified atom stereocenters. The SMILES string of the molecule is Cc1ccc(C)c(N)c1.Cc1ccc(O)cc1N. The highest BCUT2D eigenvalue weighted by atomic mass is 16.3. The van der Waals surface area contributed by atoms with Gasteiger partial charge in [0, 0.05) is 17.4 Å². The largest absolute Gasteiger partial charge is 0.508 e. The van der Waals surface area contributed by atoms with Gasteiger partial charge >= 0.3 is 0 Å². The minimum atomic E-state index is 0.220. The molecule has 96 valence electrons. The maximum atomic E-state index is 8.86. The molecule has 2 aromatic rings. The maximum Gasteiger partial charge on any atom is 0.117 e. The zero-order chi connectivity index (χ0) is 13.7. The predicted octanol–water partition coefficient (Wildman–Crippen LogP) is 3.17. The Morgan fingerprint density at radius 1 is 0.778 bits per heavy atom. The van der Waals surface area contributed by atoms with Crippen LogP contribution < -0.4 is 11.5 Å². The van der Waals surface area contributed by atoms with E-state index in [2.05, 4.69) is 6.07 Å². The third-order valence-electron chi connectivity index (χ3n) is 2.70. The van der Waals surface area contributed by atoms with Crippen LogP contribution in [0, 0.1) is 20.8 Å². The molecule has 3 heteroatoms. The van der Waals surface area contributed by atoms with E-state index in [1.54, 1.807) is 12.1 Å². The molecule has 0 amide bonds. The van der Waals surface area contributed by atoms with E-state index in [-0.39, 0.29) is 5.75 Å². The van der Waals surface area contributed by atoms with Crippen LogP contribution in [0.1, 0.15) is 16.7 Å². The molecule has 0 aromatic heterocycles. The van der Waals surface area contributed by atoms with Crippen LogP contribution in [0.4, 0.5) is 11.4 Å². The average molecular weight is 244 g/mol. The van der Waals surface area contributed by atoms with Crippen LogP contribution in [-0.2, 0) is 0 Å². The van der Waals surface area contributed by atoms with Crippen LogP contribution >= 0.6 is 0 Å². The van der Waals surface area contributed by atoms with E-state index in [4.69, 9.17) is 16.6 Å². The lowest BCUT2D eigenvalue weighted by Gasteiger charge is -1.98. The Balaban J connectivity index is 0.000000180. The van der Waals surface area contributed by atoms with E-state index < -0.39 is 0 Å². The van der Waals surface area contributed by atoms with Crippen molar-refractivity contribution in [1.82, 2.24) is 0 Å². The molecule has 3 nitrogen and oxygen atoms in total. The van der Waals surface area contributed by atoms with Crippen molar-refractivity contribution in [2.75, 3.05) is 11.5 Å². The van der Waals surface area contributed by atoms with E-state index in [9.17, 15) is 0 Å².